The fourth-order valence-electron chi connectivity index (χ4n) is 2.25. The Morgan fingerprint density at radius 3 is 2.79 bits per heavy atom. The number of non-ortho nitro benzene ring substituents is 1. The van der Waals surface area contributed by atoms with Crippen LogP contribution in [0.15, 0.2) is 34.3 Å². The van der Waals surface area contributed by atoms with Crippen LogP contribution < -0.4 is 10.7 Å². The number of amidine groups is 1. The highest BCUT2D eigenvalue weighted by Gasteiger charge is 2.24. The van der Waals surface area contributed by atoms with E-state index in [1.54, 1.807) is 32.1 Å². The Labute approximate surface area is 173 Å². The number of amides is 1. The van der Waals surface area contributed by atoms with Crippen molar-refractivity contribution in [1.82, 2.24) is 10.3 Å². The predicted molar refractivity (Wildman–Crippen MR) is 111 cm³/mol. The smallest absolute Gasteiger partial charge is 0.350 e. The average molecular weight is 433 g/mol. The second kappa shape index (κ2) is 8.84. The van der Waals surface area contributed by atoms with Crippen LogP contribution >= 0.6 is 23.1 Å². The fourth-order valence-corrected chi connectivity index (χ4v) is 3.84. The molecule has 0 atom stereocenters. The van der Waals surface area contributed by atoms with Crippen molar-refractivity contribution >= 4 is 57.0 Å². The predicted octanol–water partition coefficient (Wildman–Crippen LogP) is 3.12. The molecule has 3 rings (SSSR count). The van der Waals surface area contributed by atoms with Gasteiger partial charge >= 0.3 is 5.97 Å². The molecule has 150 valence electrons. The summed E-state index contributed by atoms with van der Waals surface area (Å²) in [6, 6.07) is 5.85. The van der Waals surface area contributed by atoms with Gasteiger partial charge in [0, 0.05) is 12.1 Å². The van der Waals surface area contributed by atoms with Crippen molar-refractivity contribution < 1.29 is 19.2 Å². The zero-order valence-electron chi connectivity index (χ0n) is 15.3. The summed E-state index contributed by atoms with van der Waals surface area (Å²) >= 11 is 2.21. The molecular weight excluding hydrogens is 418 g/mol. The van der Waals surface area contributed by atoms with Crippen molar-refractivity contribution in [3.05, 3.63) is 55.4 Å². The summed E-state index contributed by atoms with van der Waals surface area (Å²) in [5.74, 6) is -0.781. The summed E-state index contributed by atoms with van der Waals surface area (Å²) in [5, 5.41) is 18.1. The van der Waals surface area contributed by atoms with Crippen LogP contribution in [-0.2, 0) is 9.53 Å². The van der Waals surface area contributed by atoms with Crippen molar-refractivity contribution in [2.75, 3.05) is 12.0 Å². The number of ether oxygens (including phenoxy) is 1. The molecule has 10 nitrogen and oxygen atoms in total. The Morgan fingerprint density at radius 1 is 1.41 bits per heavy atom. The summed E-state index contributed by atoms with van der Waals surface area (Å²) < 4.78 is 4.97. The number of benzene rings is 1. The lowest BCUT2D eigenvalue weighted by Gasteiger charge is -1.97. The molecule has 1 aromatic carbocycles. The van der Waals surface area contributed by atoms with Gasteiger partial charge in [-0.3, -0.25) is 25.7 Å². The van der Waals surface area contributed by atoms with E-state index in [-0.39, 0.29) is 18.2 Å². The molecule has 2 aromatic rings. The maximum absolute atomic E-state index is 12.1. The van der Waals surface area contributed by atoms with Crippen LogP contribution in [0.2, 0.25) is 0 Å². The monoisotopic (exact) mass is 433 g/mol. The van der Waals surface area contributed by atoms with Crippen molar-refractivity contribution in [2.24, 2.45) is 5.10 Å². The van der Waals surface area contributed by atoms with E-state index in [4.69, 9.17) is 4.74 Å². The summed E-state index contributed by atoms with van der Waals surface area (Å²) in [6.45, 7) is 3.69. The lowest BCUT2D eigenvalue weighted by Crippen LogP contribution is -2.20. The average Bonchev–Trinajstić information content (AvgIpc) is 3.23. The van der Waals surface area contributed by atoms with Gasteiger partial charge in [0.25, 0.3) is 11.6 Å². The van der Waals surface area contributed by atoms with E-state index in [2.05, 4.69) is 20.8 Å². The number of carbonyl (C=O) groups excluding carboxylic acids is 2. The van der Waals surface area contributed by atoms with Gasteiger partial charge in [0.05, 0.1) is 22.1 Å². The van der Waals surface area contributed by atoms with Crippen LogP contribution in [0.25, 0.3) is 6.08 Å². The standard InChI is InChI=1S/C17H15N5O5S2/c1-3-27-15(24)13-9(2)18-16(29-13)20-21-17-19-14(23)12(28-17)8-10-4-6-11(7-5-10)22(25)26/h4-8H,3H2,1-2H3,(H,18,20)(H,19,21,23)/b12-8-. The van der Waals surface area contributed by atoms with E-state index in [0.29, 0.717) is 31.3 Å². The van der Waals surface area contributed by atoms with E-state index in [0.717, 1.165) is 23.1 Å². The van der Waals surface area contributed by atoms with Gasteiger partial charge in [-0.25, -0.2) is 9.78 Å². The van der Waals surface area contributed by atoms with Gasteiger partial charge in [-0.05, 0) is 49.4 Å². The number of carbonyl (C=O) groups is 2. The third-order valence-electron chi connectivity index (χ3n) is 3.56. The Bertz CT molecular complexity index is 1030. The van der Waals surface area contributed by atoms with Crippen molar-refractivity contribution in [1.29, 1.82) is 0 Å². The molecule has 2 heterocycles. The van der Waals surface area contributed by atoms with E-state index in [1.165, 1.54) is 12.1 Å². The molecule has 12 heteroatoms. The molecule has 0 unspecified atom stereocenters. The number of nitro groups is 1. The maximum Gasteiger partial charge on any atom is 0.350 e. The molecule has 1 aromatic heterocycles. The normalized spacial score (nSPS) is 16.1. The maximum atomic E-state index is 12.1. The molecule has 1 fully saturated rings. The summed E-state index contributed by atoms with van der Waals surface area (Å²) in [7, 11) is 0. The lowest BCUT2D eigenvalue weighted by atomic mass is 10.2. The highest BCUT2D eigenvalue weighted by molar-refractivity contribution is 8.18. The van der Waals surface area contributed by atoms with Gasteiger partial charge < -0.3 is 4.74 Å². The molecule has 1 saturated heterocycles. The van der Waals surface area contributed by atoms with E-state index >= 15 is 0 Å². The molecule has 0 spiro atoms. The van der Waals surface area contributed by atoms with E-state index in [1.807, 2.05) is 0 Å². The number of thiazole rings is 1. The molecule has 0 bridgehead atoms. The van der Waals surface area contributed by atoms with Crippen molar-refractivity contribution in [2.45, 2.75) is 13.8 Å². The second-order valence-corrected chi connectivity index (χ2v) is 7.63. The van der Waals surface area contributed by atoms with Crippen LogP contribution in [0.3, 0.4) is 0 Å². The van der Waals surface area contributed by atoms with Gasteiger partial charge in [0.15, 0.2) is 5.17 Å². The zero-order chi connectivity index (χ0) is 21.0. The molecule has 2 N–H and O–H groups in total. The first-order chi connectivity index (χ1) is 13.9. The third kappa shape index (κ3) is 4.97. The number of rotatable bonds is 6. The van der Waals surface area contributed by atoms with Crippen LogP contribution in [0, 0.1) is 17.0 Å². The largest absolute Gasteiger partial charge is 0.462 e. The van der Waals surface area contributed by atoms with Crippen molar-refractivity contribution in [3.8, 4) is 0 Å². The van der Waals surface area contributed by atoms with Crippen molar-refractivity contribution in [3.63, 3.8) is 0 Å². The molecule has 1 aliphatic rings. The van der Waals surface area contributed by atoms with Gasteiger partial charge in [-0.2, -0.15) is 0 Å². The van der Waals surface area contributed by atoms with Crippen LogP contribution in [0.1, 0.15) is 27.9 Å². The number of aromatic nitrogens is 1. The second-order valence-electron chi connectivity index (χ2n) is 5.60. The van der Waals surface area contributed by atoms with Crippen LogP contribution in [0.4, 0.5) is 10.8 Å². The first-order valence-corrected chi connectivity index (χ1v) is 9.94. The Morgan fingerprint density at radius 2 is 2.14 bits per heavy atom. The number of esters is 1. The number of nitro benzene ring substituents is 1. The number of hydrogen-bond acceptors (Lipinski definition) is 10. The first kappa shape index (κ1) is 20.5. The minimum absolute atomic E-state index is 0.0249. The third-order valence-corrected chi connectivity index (χ3v) is 5.52. The molecule has 1 aliphatic heterocycles. The number of nitrogens with zero attached hydrogens (tertiary/aromatic N) is 3. The fraction of sp³-hybridized carbons (Fsp3) is 0.176. The number of aryl methyl sites for hydroxylation is 1. The first-order valence-electron chi connectivity index (χ1n) is 8.31. The van der Waals surface area contributed by atoms with Gasteiger partial charge in [0.1, 0.15) is 4.88 Å². The quantitative estimate of drug-likeness (QED) is 0.307. The highest BCUT2D eigenvalue weighted by Crippen LogP contribution is 2.28. The van der Waals surface area contributed by atoms with Gasteiger partial charge in [0.2, 0.25) is 5.13 Å². The SMILES string of the molecule is CCOC(=O)c1sc(N/N=C2\NC(=O)/C(=C/c3ccc([N+](=O)[O-])cc3)S2)nc1C. The lowest BCUT2D eigenvalue weighted by molar-refractivity contribution is -0.384. The topological polar surface area (TPSA) is 136 Å². The summed E-state index contributed by atoms with van der Waals surface area (Å²) in [5.41, 5.74) is 3.87. The van der Waals surface area contributed by atoms with Crippen LogP contribution in [0.5, 0.6) is 0 Å². The Kier molecular flexibility index (Phi) is 6.24. The number of anilines is 1. The number of nitrogens with one attached hydrogen (secondary N) is 2. The van der Waals surface area contributed by atoms with Crippen LogP contribution in [-0.4, -0.2) is 33.6 Å². The number of hydrogen-bond donors (Lipinski definition) is 2. The Hall–Kier alpha value is -3.25. The van der Waals surface area contributed by atoms with Gasteiger partial charge in [-0.1, -0.05) is 11.3 Å². The van der Waals surface area contributed by atoms with Gasteiger partial charge in [-0.15, -0.1) is 5.10 Å². The molecular formula is C17H15N5O5S2. The minimum Gasteiger partial charge on any atom is -0.462 e. The molecule has 0 saturated carbocycles. The minimum atomic E-state index is -0.488. The molecule has 29 heavy (non-hydrogen) atoms. The zero-order valence-corrected chi connectivity index (χ0v) is 16.9. The number of hydrazone groups is 1. The molecule has 1 amide bonds. The Balaban J connectivity index is 1.68. The summed E-state index contributed by atoms with van der Waals surface area (Å²) in [4.78, 5) is 39.1. The van der Waals surface area contributed by atoms with E-state index in [9.17, 15) is 19.7 Å². The highest BCUT2D eigenvalue weighted by atomic mass is 32.2. The summed E-state index contributed by atoms with van der Waals surface area (Å²) in [6.07, 6.45) is 1.61. The number of thioether (sulfide) groups is 1. The molecule has 0 radical (unpaired) electrons. The van der Waals surface area contributed by atoms with E-state index < -0.39 is 10.9 Å². The molecule has 0 aliphatic carbocycles.